The van der Waals surface area contributed by atoms with E-state index in [1.165, 1.54) is 7.11 Å². The third kappa shape index (κ3) is 3.41. The first-order chi connectivity index (χ1) is 10.5. The zero-order chi connectivity index (χ0) is 16.1. The Balaban J connectivity index is 2.43. The smallest absolute Gasteiger partial charge is 0.338 e. The third-order valence-corrected chi connectivity index (χ3v) is 3.03. The zero-order valence-corrected chi connectivity index (χ0v) is 12.5. The standard InChI is InChI=1S/C18H16O4/c1-12(2)17(19)22-16-10-5-4-9-15(16)13-7-6-8-14(11-13)18(20)21-3/h4-11H,1H2,2-3H3. The van der Waals surface area contributed by atoms with E-state index in [4.69, 9.17) is 9.47 Å². The fourth-order valence-corrected chi connectivity index (χ4v) is 1.91. The lowest BCUT2D eigenvalue weighted by molar-refractivity contribution is -0.130. The fourth-order valence-electron chi connectivity index (χ4n) is 1.91. The summed E-state index contributed by atoms with van der Waals surface area (Å²) in [5, 5.41) is 0. The molecule has 22 heavy (non-hydrogen) atoms. The number of carbonyl (C=O) groups is 2. The number of rotatable bonds is 4. The van der Waals surface area contributed by atoms with Crippen LogP contribution in [0.15, 0.2) is 60.7 Å². The minimum atomic E-state index is -0.489. The van der Waals surface area contributed by atoms with E-state index in [9.17, 15) is 9.59 Å². The van der Waals surface area contributed by atoms with Crippen molar-refractivity contribution in [3.05, 3.63) is 66.2 Å². The lowest BCUT2D eigenvalue weighted by atomic mass is 10.0. The molecule has 2 aromatic rings. The molecule has 0 saturated carbocycles. The van der Waals surface area contributed by atoms with Crippen LogP contribution in [-0.2, 0) is 9.53 Å². The highest BCUT2D eigenvalue weighted by atomic mass is 16.5. The number of para-hydroxylation sites is 1. The summed E-state index contributed by atoms with van der Waals surface area (Å²) in [6.07, 6.45) is 0. The Morgan fingerprint density at radius 1 is 1.05 bits per heavy atom. The third-order valence-electron chi connectivity index (χ3n) is 3.03. The summed E-state index contributed by atoms with van der Waals surface area (Å²) >= 11 is 0. The average molecular weight is 296 g/mol. The van der Waals surface area contributed by atoms with Crippen molar-refractivity contribution in [2.45, 2.75) is 6.92 Å². The first kappa shape index (κ1) is 15.5. The quantitative estimate of drug-likeness (QED) is 0.491. The molecule has 0 unspecified atom stereocenters. The Labute approximate surface area is 129 Å². The molecular weight excluding hydrogens is 280 g/mol. The zero-order valence-electron chi connectivity index (χ0n) is 12.5. The van der Waals surface area contributed by atoms with E-state index in [-0.39, 0.29) is 0 Å². The second kappa shape index (κ2) is 6.72. The molecule has 0 aliphatic heterocycles. The highest BCUT2D eigenvalue weighted by Gasteiger charge is 2.13. The highest BCUT2D eigenvalue weighted by molar-refractivity contribution is 5.92. The molecular formula is C18H16O4. The fraction of sp³-hybridized carbons (Fsp3) is 0.111. The molecule has 0 radical (unpaired) electrons. The molecule has 0 spiro atoms. The van der Waals surface area contributed by atoms with Gasteiger partial charge in [0, 0.05) is 11.1 Å². The van der Waals surface area contributed by atoms with Crippen molar-refractivity contribution < 1.29 is 19.1 Å². The van der Waals surface area contributed by atoms with Gasteiger partial charge in [0.2, 0.25) is 0 Å². The number of ether oxygens (including phenoxy) is 2. The molecule has 0 bridgehead atoms. The normalized spacial score (nSPS) is 9.91. The van der Waals surface area contributed by atoms with Crippen molar-refractivity contribution in [3.8, 4) is 16.9 Å². The molecule has 0 aromatic heterocycles. The Bertz CT molecular complexity index is 731. The SMILES string of the molecule is C=C(C)C(=O)Oc1ccccc1-c1cccc(C(=O)OC)c1. The van der Waals surface area contributed by atoms with Crippen molar-refractivity contribution in [1.29, 1.82) is 0 Å². The molecule has 2 aromatic carbocycles. The van der Waals surface area contributed by atoms with Gasteiger partial charge in [0.1, 0.15) is 5.75 Å². The van der Waals surface area contributed by atoms with Gasteiger partial charge in [-0.05, 0) is 30.7 Å². The number of hydrogen-bond donors (Lipinski definition) is 0. The number of esters is 2. The van der Waals surface area contributed by atoms with Crippen LogP contribution in [0.5, 0.6) is 5.75 Å². The van der Waals surface area contributed by atoms with E-state index in [1.54, 1.807) is 37.3 Å². The minimum absolute atomic E-state index is 0.318. The van der Waals surface area contributed by atoms with Crippen molar-refractivity contribution in [2.75, 3.05) is 7.11 Å². The van der Waals surface area contributed by atoms with Crippen molar-refractivity contribution in [2.24, 2.45) is 0 Å². The Hall–Kier alpha value is -2.88. The molecule has 0 N–H and O–H groups in total. The summed E-state index contributed by atoms with van der Waals surface area (Å²) in [7, 11) is 1.33. The van der Waals surface area contributed by atoms with Crippen LogP contribution < -0.4 is 4.74 Å². The van der Waals surface area contributed by atoms with E-state index in [0.717, 1.165) is 5.56 Å². The van der Waals surface area contributed by atoms with Crippen LogP contribution in [0.4, 0.5) is 0 Å². The van der Waals surface area contributed by atoms with Gasteiger partial charge in [0.05, 0.1) is 12.7 Å². The molecule has 0 amide bonds. The molecule has 0 aliphatic rings. The number of carbonyl (C=O) groups excluding carboxylic acids is 2. The first-order valence-corrected chi connectivity index (χ1v) is 6.68. The molecule has 0 atom stereocenters. The van der Waals surface area contributed by atoms with E-state index in [2.05, 4.69) is 6.58 Å². The maximum Gasteiger partial charge on any atom is 0.338 e. The van der Waals surface area contributed by atoms with Gasteiger partial charge in [0.25, 0.3) is 0 Å². The van der Waals surface area contributed by atoms with Gasteiger partial charge in [-0.15, -0.1) is 0 Å². The predicted molar refractivity (Wildman–Crippen MR) is 83.7 cm³/mol. The van der Waals surface area contributed by atoms with Crippen molar-refractivity contribution in [1.82, 2.24) is 0 Å². The van der Waals surface area contributed by atoms with Crippen LogP contribution in [0.3, 0.4) is 0 Å². The Morgan fingerprint density at radius 2 is 1.77 bits per heavy atom. The maximum atomic E-state index is 11.7. The molecule has 4 heteroatoms. The van der Waals surface area contributed by atoms with Crippen LogP contribution in [0.2, 0.25) is 0 Å². The van der Waals surface area contributed by atoms with Crippen LogP contribution in [0.1, 0.15) is 17.3 Å². The first-order valence-electron chi connectivity index (χ1n) is 6.68. The topological polar surface area (TPSA) is 52.6 Å². The summed E-state index contributed by atoms with van der Waals surface area (Å²) < 4.78 is 10.1. The largest absolute Gasteiger partial charge is 0.465 e. The Kier molecular flexibility index (Phi) is 4.73. The van der Waals surface area contributed by atoms with E-state index >= 15 is 0 Å². The monoisotopic (exact) mass is 296 g/mol. The van der Waals surface area contributed by atoms with Gasteiger partial charge in [-0.3, -0.25) is 0 Å². The Morgan fingerprint density at radius 3 is 2.45 bits per heavy atom. The molecule has 4 nitrogen and oxygen atoms in total. The summed E-state index contributed by atoms with van der Waals surface area (Å²) in [6.45, 7) is 5.15. The highest BCUT2D eigenvalue weighted by Crippen LogP contribution is 2.30. The summed E-state index contributed by atoms with van der Waals surface area (Å²) in [5.74, 6) is -0.493. The maximum absolute atomic E-state index is 11.7. The minimum Gasteiger partial charge on any atom is -0.465 e. The van der Waals surface area contributed by atoms with Gasteiger partial charge < -0.3 is 9.47 Å². The van der Waals surface area contributed by atoms with Gasteiger partial charge in [0.15, 0.2) is 0 Å². The summed E-state index contributed by atoms with van der Waals surface area (Å²) in [5.41, 5.74) is 2.22. The molecule has 112 valence electrons. The van der Waals surface area contributed by atoms with Crippen LogP contribution >= 0.6 is 0 Å². The molecule has 2 rings (SSSR count). The second-order valence-corrected chi connectivity index (χ2v) is 4.74. The van der Waals surface area contributed by atoms with E-state index in [1.807, 2.05) is 18.2 Å². The number of methoxy groups -OCH3 is 1. The van der Waals surface area contributed by atoms with Crippen LogP contribution in [0.25, 0.3) is 11.1 Å². The molecule has 0 aliphatic carbocycles. The van der Waals surface area contributed by atoms with Gasteiger partial charge in [-0.2, -0.15) is 0 Å². The molecule has 0 fully saturated rings. The van der Waals surface area contributed by atoms with Crippen molar-refractivity contribution >= 4 is 11.9 Å². The van der Waals surface area contributed by atoms with Gasteiger partial charge in [-0.1, -0.05) is 36.9 Å². The van der Waals surface area contributed by atoms with E-state index in [0.29, 0.717) is 22.4 Å². The second-order valence-electron chi connectivity index (χ2n) is 4.74. The average Bonchev–Trinajstić information content (AvgIpc) is 2.54. The predicted octanol–water partition coefficient (Wildman–Crippen LogP) is 3.62. The van der Waals surface area contributed by atoms with Crippen molar-refractivity contribution in [3.63, 3.8) is 0 Å². The molecule has 0 saturated heterocycles. The lowest BCUT2D eigenvalue weighted by Crippen LogP contribution is -2.09. The number of hydrogen-bond acceptors (Lipinski definition) is 4. The summed E-state index contributed by atoms with van der Waals surface area (Å²) in [4.78, 5) is 23.4. The van der Waals surface area contributed by atoms with Gasteiger partial charge >= 0.3 is 11.9 Å². The lowest BCUT2D eigenvalue weighted by Gasteiger charge is -2.11. The van der Waals surface area contributed by atoms with Crippen LogP contribution in [0, 0.1) is 0 Å². The van der Waals surface area contributed by atoms with Gasteiger partial charge in [-0.25, -0.2) is 9.59 Å². The van der Waals surface area contributed by atoms with E-state index < -0.39 is 11.9 Å². The molecule has 0 heterocycles. The summed E-state index contributed by atoms with van der Waals surface area (Å²) in [6, 6.07) is 14.1. The number of benzene rings is 2. The van der Waals surface area contributed by atoms with Crippen LogP contribution in [-0.4, -0.2) is 19.0 Å².